The zero-order chi connectivity index (χ0) is 24.8. The Morgan fingerprint density at radius 3 is 2.15 bits per heavy atom. The van der Waals surface area contributed by atoms with Gasteiger partial charge in [-0.1, -0.05) is 13.0 Å². The summed E-state index contributed by atoms with van der Waals surface area (Å²) >= 11 is 0. The maximum absolute atomic E-state index is 12.1. The topological polar surface area (TPSA) is 105 Å². The van der Waals surface area contributed by atoms with E-state index in [0.717, 1.165) is 24.0 Å². The van der Waals surface area contributed by atoms with E-state index in [4.69, 9.17) is 18.9 Å². The summed E-state index contributed by atoms with van der Waals surface area (Å²) in [7, 11) is 0. The van der Waals surface area contributed by atoms with Crippen molar-refractivity contribution in [2.75, 3.05) is 0 Å². The number of esters is 4. The van der Waals surface area contributed by atoms with Crippen molar-refractivity contribution in [2.24, 2.45) is 17.3 Å². The molecule has 1 aromatic carbocycles. The minimum atomic E-state index is -0.516. The molecule has 4 rings (SSSR count). The van der Waals surface area contributed by atoms with Crippen LogP contribution in [0.1, 0.15) is 83.5 Å². The summed E-state index contributed by atoms with van der Waals surface area (Å²) in [6.45, 7) is 7.64. The van der Waals surface area contributed by atoms with Crippen LogP contribution in [0.25, 0.3) is 0 Å². The molecule has 0 spiro atoms. The fourth-order valence-electron chi connectivity index (χ4n) is 6.82. The number of rotatable bonds is 4. The van der Waals surface area contributed by atoms with Crippen molar-refractivity contribution in [2.45, 2.75) is 84.5 Å². The van der Waals surface area contributed by atoms with Gasteiger partial charge >= 0.3 is 23.9 Å². The first kappa shape index (κ1) is 24.2. The van der Waals surface area contributed by atoms with Gasteiger partial charge in [-0.05, 0) is 60.8 Å². The first-order valence-electron chi connectivity index (χ1n) is 11.8. The number of hydrogen-bond acceptors (Lipinski definition) is 8. The zero-order valence-corrected chi connectivity index (χ0v) is 20.3. The van der Waals surface area contributed by atoms with Crippen LogP contribution in [0.2, 0.25) is 0 Å². The lowest BCUT2D eigenvalue weighted by molar-refractivity contribution is -0.172. The van der Waals surface area contributed by atoms with Gasteiger partial charge in [0, 0.05) is 39.0 Å². The van der Waals surface area contributed by atoms with Gasteiger partial charge in [0.2, 0.25) is 0 Å². The van der Waals surface area contributed by atoms with Crippen molar-refractivity contribution in [3.8, 4) is 5.75 Å². The smallest absolute Gasteiger partial charge is 0.308 e. The lowest BCUT2D eigenvalue weighted by Gasteiger charge is -2.54. The summed E-state index contributed by atoms with van der Waals surface area (Å²) in [4.78, 5) is 47.4. The number of ether oxygens (including phenoxy) is 4. The van der Waals surface area contributed by atoms with E-state index in [1.807, 2.05) is 6.07 Å². The molecule has 0 bridgehead atoms. The summed E-state index contributed by atoms with van der Waals surface area (Å²) < 4.78 is 22.6. The van der Waals surface area contributed by atoms with Crippen LogP contribution in [0.3, 0.4) is 0 Å². The van der Waals surface area contributed by atoms with Crippen LogP contribution in [0.4, 0.5) is 0 Å². The molecule has 8 nitrogen and oxygen atoms in total. The van der Waals surface area contributed by atoms with E-state index in [1.54, 1.807) is 12.1 Å². The van der Waals surface area contributed by atoms with Crippen LogP contribution < -0.4 is 4.74 Å². The normalized spacial score (nSPS) is 33.6. The van der Waals surface area contributed by atoms with Gasteiger partial charge in [-0.15, -0.1) is 0 Å². The molecule has 3 aliphatic carbocycles. The van der Waals surface area contributed by atoms with Crippen LogP contribution >= 0.6 is 0 Å². The largest absolute Gasteiger partial charge is 0.462 e. The van der Waals surface area contributed by atoms with E-state index in [0.29, 0.717) is 18.6 Å². The van der Waals surface area contributed by atoms with Crippen molar-refractivity contribution in [1.82, 2.24) is 0 Å². The van der Waals surface area contributed by atoms with E-state index in [2.05, 4.69) is 6.92 Å². The minimum Gasteiger partial charge on any atom is -0.462 e. The van der Waals surface area contributed by atoms with Crippen LogP contribution in [0.15, 0.2) is 18.2 Å². The summed E-state index contributed by atoms with van der Waals surface area (Å²) in [6, 6.07) is 5.36. The highest BCUT2D eigenvalue weighted by atomic mass is 16.6. The third kappa shape index (κ3) is 4.42. The Labute approximate surface area is 199 Å². The van der Waals surface area contributed by atoms with Gasteiger partial charge in [-0.3, -0.25) is 19.2 Å². The van der Waals surface area contributed by atoms with Gasteiger partial charge in [0.05, 0.1) is 0 Å². The number of carbonyl (C=O) groups excluding carboxylic acids is 4. The Hall–Kier alpha value is -2.90. The molecular weight excluding hydrogens is 440 g/mol. The Kier molecular flexibility index (Phi) is 6.44. The highest BCUT2D eigenvalue weighted by molar-refractivity contribution is 5.70. The molecule has 7 atom stereocenters. The second kappa shape index (κ2) is 9.04. The van der Waals surface area contributed by atoms with Gasteiger partial charge in [0.15, 0.2) is 0 Å². The van der Waals surface area contributed by atoms with E-state index in [9.17, 15) is 19.2 Å². The van der Waals surface area contributed by atoms with Crippen molar-refractivity contribution in [1.29, 1.82) is 0 Å². The maximum atomic E-state index is 12.1. The average molecular weight is 473 g/mol. The zero-order valence-electron chi connectivity index (χ0n) is 20.3. The first-order valence-corrected chi connectivity index (χ1v) is 11.8. The first-order chi connectivity index (χ1) is 16.0. The standard InChI is InChI=1S/C26H32O8/c1-13(27)31-17-6-7-18-19(10-17)22(32-14(2)28)11-20-21-8-9-24(34-16(4)30)26(21,5)12-23(25(18)20)33-15(3)29/h6-7,10,20-25H,8-9,11-12H2,1-5H3/t20-,21-,22+,23+,24-,25+,26-/m0/s1. The molecule has 0 N–H and O–H groups in total. The monoisotopic (exact) mass is 472 g/mol. The molecule has 3 aliphatic rings. The average Bonchev–Trinajstić information content (AvgIpc) is 3.02. The third-order valence-corrected chi connectivity index (χ3v) is 7.79. The Morgan fingerprint density at radius 1 is 0.853 bits per heavy atom. The summed E-state index contributed by atoms with van der Waals surface area (Å²) in [6.07, 6.45) is 1.54. The third-order valence-electron chi connectivity index (χ3n) is 7.79. The predicted molar refractivity (Wildman–Crippen MR) is 120 cm³/mol. The molecule has 0 aliphatic heterocycles. The molecule has 0 heterocycles. The molecule has 0 unspecified atom stereocenters. The molecule has 34 heavy (non-hydrogen) atoms. The fraction of sp³-hybridized carbons (Fsp3) is 0.615. The predicted octanol–water partition coefficient (Wildman–Crippen LogP) is 4.00. The van der Waals surface area contributed by atoms with Gasteiger partial charge in [0.1, 0.15) is 24.1 Å². The molecule has 0 aromatic heterocycles. The van der Waals surface area contributed by atoms with Gasteiger partial charge in [-0.25, -0.2) is 0 Å². The molecule has 1 aromatic rings. The quantitative estimate of drug-likeness (QED) is 0.368. The SMILES string of the molecule is CC(=O)Oc1ccc2c(c1)[C@H](OC(C)=O)C[C@@H]1[C@@H]2[C@H](OC(C)=O)C[C@]2(C)[C@@H](OC(C)=O)CC[C@@H]12. The highest BCUT2D eigenvalue weighted by Gasteiger charge is 2.61. The van der Waals surface area contributed by atoms with E-state index in [1.165, 1.54) is 27.7 Å². The summed E-state index contributed by atoms with van der Waals surface area (Å²) in [5.74, 6) is -0.990. The number of benzene rings is 1. The lowest BCUT2D eigenvalue weighted by Crippen LogP contribution is -2.52. The molecule has 0 saturated heterocycles. The van der Waals surface area contributed by atoms with Crippen molar-refractivity contribution in [3.63, 3.8) is 0 Å². The van der Waals surface area contributed by atoms with Crippen LogP contribution in [0.5, 0.6) is 5.75 Å². The lowest BCUT2D eigenvalue weighted by atomic mass is 9.54. The molecule has 2 fully saturated rings. The molecule has 184 valence electrons. The molecule has 8 heteroatoms. The van der Waals surface area contributed by atoms with Gasteiger partial charge < -0.3 is 18.9 Å². The maximum Gasteiger partial charge on any atom is 0.308 e. The minimum absolute atomic E-state index is 0.0556. The number of hydrogen-bond donors (Lipinski definition) is 0. The summed E-state index contributed by atoms with van der Waals surface area (Å²) in [5, 5.41) is 0. The van der Waals surface area contributed by atoms with Crippen molar-refractivity contribution in [3.05, 3.63) is 29.3 Å². The number of fused-ring (bicyclic) bond motifs is 5. The van der Waals surface area contributed by atoms with Gasteiger partial charge in [0.25, 0.3) is 0 Å². The van der Waals surface area contributed by atoms with Crippen LogP contribution in [-0.4, -0.2) is 36.1 Å². The van der Waals surface area contributed by atoms with Gasteiger partial charge in [-0.2, -0.15) is 0 Å². The number of carbonyl (C=O) groups is 4. The van der Waals surface area contributed by atoms with E-state index < -0.39 is 24.1 Å². The Balaban J connectivity index is 1.80. The molecule has 2 saturated carbocycles. The van der Waals surface area contributed by atoms with Crippen LogP contribution in [0, 0.1) is 17.3 Å². The van der Waals surface area contributed by atoms with E-state index in [-0.39, 0.29) is 41.2 Å². The highest BCUT2D eigenvalue weighted by Crippen LogP contribution is 2.63. The van der Waals surface area contributed by atoms with Crippen molar-refractivity contribution < 1.29 is 38.1 Å². The Bertz CT molecular complexity index is 1020. The van der Waals surface area contributed by atoms with E-state index >= 15 is 0 Å². The second-order valence-electron chi connectivity index (χ2n) is 10.0. The molecule has 0 amide bonds. The molecular formula is C26H32O8. The van der Waals surface area contributed by atoms with Crippen molar-refractivity contribution >= 4 is 23.9 Å². The Morgan fingerprint density at radius 2 is 1.53 bits per heavy atom. The second-order valence-corrected chi connectivity index (χ2v) is 10.0. The van der Waals surface area contributed by atoms with Crippen LogP contribution in [-0.2, 0) is 33.4 Å². The summed E-state index contributed by atoms with van der Waals surface area (Å²) in [5.41, 5.74) is 1.34. The molecule has 0 radical (unpaired) electrons. The fourth-order valence-corrected chi connectivity index (χ4v) is 6.82.